The molecule has 2 aromatic rings. The Hall–Kier alpha value is -3.14. The number of allylic oxidation sites excluding steroid dienone is 4. The predicted octanol–water partition coefficient (Wildman–Crippen LogP) is 5.26. The summed E-state index contributed by atoms with van der Waals surface area (Å²) >= 11 is 13.0. The summed E-state index contributed by atoms with van der Waals surface area (Å²) in [6, 6.07) is 10.4. The molecule has 11 heteroatoms. The molecular weight excluding hydrogens is 553 g/mol. The van der Waals surface area contributed by atoms with Crippen molar-refractivity contribution in [3.8, 4) is 5.75 Å². The summed E-state index contributed by atoms with van der Waals surface area (Å²) in [5, 5.41) is 9.38. The summed E-state index contributed by atoms with van der Waals surface area (Å²) in [4.78, 5) is 39.8. The number of ketones is 2. The molecular formula is C27H23Cl2NO7S. The lowest BCUT2D eigenvalue weighted by atomic mass is 9.71. The van der Waals surface area contributed by atoms with Crippen LogP contribution in [0.1, 0.15) is 50.0 Å². The molecule has 2 aromatic carbocycles. The molecule has 198 valence electrons. The molecule has 0 fully saturated rings. The van der Waals surface area contributed by atoms with Crippen LogP contribution in [0.3, 0.4) is 0 Å². The first-order valence-corrected chi connectivity index (χ1v) is 14.2. The van der Waals surface area contributed by atoms with Crippen molar-refractivity contribution in [1.82, 2.24) is 4.90 Å². The summed E-state index contributed by atoms with van der Waals surface area (Å²) in [5.74, 6) is -2.46. The minimum absolute atomic E-state index is 0.0767. The van der Waals surface area contributed by atoms with Gasteiger partial charge >= 0.3 is 16.1 Å². The van der Waals surface area contributed by atoms with Crippen molar-refractivity contribution < 1.29 is 32.1 Å². The van der Waals surface area contributed by atoms with Gasteiger partial charge in [0, 0.05) is 41.3 Å². The molecule has 0 aromatic heterocycles. The van der Waals surface area contributed by atoms with E-state index in [0.717, 1.165) is 0 Å². The first-order chi connectivity index (χ1) is 18.1. The summed E-state index contributed by atoms with van der Waals surface area (Å²) in [7, 11) is -4.23. The van der Waals surface area contributed by atoms with Crippen LogP contribution >= 0.6 is 23.2 Å². The van der Waals surface area contributed by atoms with E-state index in [1.807, 2.05) is 0 Å². The van der Waals surface area contributed by atoms with Crippen LogP contribution in [0.25, 0.3) is 0 Å². The Kier molecular flexibility index (Phi) is 7.11. The molecule has 1 heterocycles. The second-order valence-corrected chi connectivity index (χ2v) is 11.7. The smallest absolute Gasteiger partial charge is 0.339 e. The molecule has 0 saturated heterocycles. The minimum Gasteiger partial charge on any atom is -0.480 e. The normalized spacial score (nSPS) is 18.4. The average Bonchev–Trinajstić information content (AvgIpc) is 2.87. The van der Waals surface area contributed by atoms with E-state index in [2.05, 4.69) is 0 Å². The van der Waals surface area contributed by atoms with Gasteiger partial charge < -0.3 is 14.2 Å². The van der Waals surface area contributed by atoms with E-state index in [4.69, 9.17) is 27.4 Å². The lowest BCUT2D eigenvalue weighted by molar-refractivity contribution is -0.138. The topological polar surface area (TPSA) is 118 Å². The van der Waals surface area contributed by atoms with Gasteiger partial charge in [-0.15, -0.1) is 0 Å². The Morgan fingerprint density at radius 1 is 0.921 bits per heavy atom. The van der Waals surface area contributed by atoms with Gasteiger partial charge in [-0.1, -0.05) is 41.4 Å². The number of nitrogens with zero attached hydrogens (tertiary/aromatic N) is 1. The molecule has 3 aliphatic rings. The third kappa shape index (κ3) is 4.74. The number of carboxylic acid groups (broad SMARTS) is 1. The number of benzene rings is 2. The van der Waals surface area contributed by atoms with Crippen molar-refractivity contribution >= 4 is 50.9 Å². The molecule has 0 radical (unpaired) electrons. The summed E-state index contributed by atoms with van der Waals surface area (Å²) < 4.78 is 30.8. The predicted molar refractivity (Wildman–Crippen MR) is 140 cm³/mol. The lowest BCUT2D eigenvalue weighted by Gasteiger charge is -2.43. The van der Waals surface area contributed by atoms with Gasteiger partial charge in [-0.2, -0.15) is 8.42 Å². The number of rotatable bonds is 6. The van der Waals surface area contributed by atoms with Gasteiger partial charge in [0.15, 0.2) is 17.3 Å². The zero-order valence-corrected chi connectivity index (χ0v) is 22.4. The van der Waals surface area contributed by atoms with E-state index in [9.17, 15) is 27.9 Å². The van der Waals surface area contributed by atoms with E-state index in [-0.39, 0.29) is 51.6 Å². The molecule has 0 atom stereocenters. The maximum atomic E-state index is 13.3. The fourth-order valence-corrected chi connectivity index (χ4v) is 7.10. The van der Waals surface area contributed by atoms with Gasteiger partial charge in [-0.05, 0) is 55.5 Å². The molecule has 8 nitrogen and oxygen atoms in total. The molecule has 0 bridgehead atoms. The Bertz CT molecular complexity index is 1460. The fourth-order valence-electron chi connectivity index (χ4n) is 5.45. The Balaban J connectivity index is 1.64. The number of halogens is 2. The van der Waals surface area contributed by atoms with E-state index in [1.54, 1.807) is 23.1 Å². The van der Waals surface area contributed by atoms with E-state index >= 15 is 0 Å². The number of hydrogen-bond donors (Lipinski definition) is 1. The van der Waals surface area contributed by atoms with E-state index < -0.39 is 22.0 Å². The van der Waals surface area contributed by atoms with E-state index in [0.29, 0.717) is 53.8 Å². The molecule has 1 N–H and O–H groups in total. The zero-order valence-electron chi connectivity index (χ0n) is 20.1. The highest BCUT2D eigenvalue weighted by Crippen LogP contribution is 2.50. The second kappa shape index (κ2) is 10.2. The van der Waals surface area contributed by atoms with Crippen LogP contribution in [0.15, 0.2) is 69.9 Å². The van der Waals surface area contributed by atoms with Crippen LogP contribution in [0.4, 0.5) is 0 Å². The fraction of sp³-hybridized carbons (Fsp3) is 0.296. The number of aliphatic carboxylic acids is 1. The highest BCUT2D eigenvalue weighted by molar-refractivity contribution is 7.87. The highest BCUT2D eigenvalue weighted by atomic mass is 35.5. The Labute approximate surface area is 229 Å². The first kappa shape index (κ1) is 26.5. The van der Waals surface area contributed by atoms with Gasteiger partial charge in [0.05, 0.1) is 10.0 Å². The van der Waals surface area contributed by atoms with Crippen LogP contribution in [0.2, 0.25) is 10.0 Å². The summed E-state index contributed by atoms with van der Waals surface area (Å²) in [6.45, 7) is -0.351. The number of carbonyl (C=O) groups is 3. The third-order valence-corrected chi connectivity index (χ3v) is 8.76. The molecule has 0 amide bonds. The van der Waals surface area contributed by atoms with Crippen LogP contribution in [0.5, 0.6) is 5.75 Å². The lowest BCUT2D eigenvalue weighted by Crippen LogP contribution is -2.41. The second-order valence-electron chi connectivity index (χ2n) is 9.35. The number of hydrogen-bond acceptors (Lipinski definition) is 7. The maximum Gasteiger partial charge on any atom is 0.339 e. The average molecular weight is 576 g/mol. The summed E-state index contributed by atoms with van der Waals surface area (Å²) in [5.41, 5.74) is 2.36. The van der Waals surface area contributed by atoms with Gasteiger partial charge in [0.1, 0.15) is 11.4 Å². The molecule has 38 heavy (non-hydrogen) atoms. The number of carbonyl (C=O) groups excluding carboxylic acids is 2. The van der Waals surface area contributed by atoms with Crippen LogP contribution in [-0.4, -0.2) is 42.5 Å². The van der Waals surface area contributed by atoms with Crippen LogP contribution in [0, 0.1) is 0 Å². The van der Waals surface area contributed by atoms with Gasteiger partial charge in [0.25, 0.3) is 0 Å². The van der Waals surface area contributed by atoms with Gasteiger partial charge in [-0.3, -0.25) is 14.4 Å². The monoisotopic (exact) mass is 575 g/mol. The number of carboxylic acids is 1. The largest absolute Gasteiger partial charge is 0.480 e. The molecule has 2 aliphatic carbocycles. The highest BCUT2D eigenvalue weighted by Gasteiger charge is 2.44. The van der Waals surface area contributed by atoms with Crippen molar-refractivity contribution in [3.63, 3.8) is 0 Å². The van der Waals surface area contributed by atoms with Crippen LogP contribution in [-0.2, 0) is 24.5 Å². The molecule has 0 saturated carbocycles. The third-order valence-electron chi connectivity index (χ3n) is 6.96. The Morgan fingerprint density at radius 3 is 1.95 bits per heavy atom. The molecule has 0 unspecified atom stereocenters. The van der Waals surface area contributed by atoms with Crippen molar-refractivity contribution in [1.29, 1.82) is 0 Å². The first-order valence-electron chi connectivity index (χ1n) is 12.1. The van der Waals surface area contributed by atoms with Crippen molar-refractivity contribution in [2.24, 2.45) is 0 Å². The standard InChI is InChI=1S/C27H23Cl2NO7S/c28-17-12-15(13-18(29)27(17)37-38(35,36)16-6-2-1-3-7-16)24-25-19(8-4-10-21(25)31)30(14-23(33)34)20-9-5-11-22(32)26(20)24/h1-3,6-7,12-13,24H,4-5,8-11,14H2,(H,33,34). The quantitative estimate of drug-likeness (QED) is 0.463. The van der Waals surface area contributed by atoms with Crippen molar-refractivity contribution in [2.75, 3.05) is 6.54 Å². The molecule has 0 spiro atoms. The molecule has 5 rings (SSSR count). The van der Waals surface area contributed by atoms with Crippen LogP contribution < -0.4 is 4.18 Å². The van der Waals surface area contributed by atoms with Gasteiger partial charge in [-0.25, -0.2) is 0 Å². The molecule has 1 aliphatic heterocycles. The number of Topliss-reactive ketones (excluding diaryl/α,β-unsaturated/α-hetero) is 2. The maximum absolute atomic E-state index is 13.3. The summed E-state index contributed by atoms with van der Waals surface area (Å²) in [6.07, 6.45) is 2.67. The van der Waals surface area contributed by atoms with Gasteiger partial charge in [0.2, 0.25) is 0 Å². The van der Waals surface area contributed by atoms with Crippen molar-refractivity contribution in [2.45, 2.75) is 49.3 Å². The zero-order chi connectivity index (χ0) is 27.2. The minimum atomic E-state index is -4.23. The Morgan fingerprint density at radius 2 is 1.45 bits per heavy atom. The van der Waals surface area contributed by atoms with Crippen molar-refractivity contribution in [3.05, 3.63) is 80.6 Å². The SMILES string of the molecule is O=C(O)CN1C2=C(C(=O)CCC2)C(c2cc(Cl)c(OS(=O)(=O)c3ccccc3)c(Cl)c2)C2=C1CCCC2=O. The van der Waals surface area contributed by atoms with E-state index in [1.165, 1.54) is 24.3 Å².